The molecule has 112 valence electrons. The lowest BCUT2D eigenvalue weighted by Crippen LogP contribution is -2.45. The highest BCUT2D eigenvalue weighted by molar-refractivity contribution is 8.00. The van der Waals surface area contributed by atoms with Crippen molar-refractivity contribution in [1.29, 1.82) is 0 Å². The summed E-state index contributed by atoms with van der Waals surface area (Å²) in [7, 11) is 0. The fourth-order valence-corrected chi connectivity index (χ4v) is 3.92. The lowest BCUT2D eigenvalue weighted by Gasteiger charge is -2.29. The quantitative estimate of drug-likeness (QED) is 0.661. The molecular weight excluding hydrogens is 285 g/mol. The zero-order valence-electron chi connectivity index (χ0n) is 11.1. The summed E-state index contributed by atoms with van der Waals surface area (Å²) < 4.78 is 38.1. The van der Waals surface area contributed by atoms with Crippen LogP contribution in [0, 0.1) is 0 Å². The van der Waals surface area contributed by atoms with Gasteiger partial charge in [0, 0.05) is 11.3 Å². The molecule has 1 saturated heterocycles. The highest BCUT2D eigenvalue weighted by Gasteiger charge is 2.31. The Morgan fingerprint density at radius 2 is 2.15 bits per heavy atom. The van der Waals surface area contributed by atoms with Crippen LogP contribution in [0.3, 0.4) is 0 Å². The molecule has 0 bridgehead atoms. The second kappa shape index (κ2) is 6.83. The summed E-state index contributed by atoms with van der Waals surface area (Å²) in [6, 6.07) is 5.53. The van der Waals surface area contributed by atoms with Gasteiger partial charge in [-0.1, -0.05) is 24.6 Å². The van der Waals surface area contributed by atoms with Gasteiger partial charge in [0.1, 0.15) is 0 Å². The van der Waals surface area contributed by atoms with Gasteiger partial charge in [0.2, 0.25) is 0 Å². The van der Waals surface area contributed by atoms with Crippen molar-refractivity contribution in [2.24, 2.45) is 5.84 Å². The maximum absolute atomic E-state index is 12.7. The van der Waals surface area contributed by atoms with Crippen LogP contribution in [0.25, 0.3) is 0 Å². The molecule has 0 spiro atoms. The Balaban J connectivity index is 2.07. The predicted octanol–water partition coefficient (Wildman–Crippen LogP) is 3.37. The van der Waals surface area contributed by atoms with Gasteiger partial charge >= 0.3 is 6.18 Å². The molecule has 20 heavy (non-hydrogen) atoms. The maximum atomic E-state index is 12.7. The van der Waals surface area contributed by atoms with Gasteiger partial charge < -0.3 is 0 Å². The Morgan fingerprint density at radius 3 is 2.75 bits per heavy atom. The molecule has 1 aliphatic heterocycles. The summed E-state index contributed by atoms with van der Waals surface area (Å²) in [4.78, 5) is 0. The third-order valence-electron chi connectivity index (χ3n) is 3.59. The minimum Gasteiger partial charge on any atom is -0.271 e. The van der Waals surface area contributed by atoms with Crippen molar-refractivity contribution < 1.29 is 13.2 Å². The first-order valence-electron chi connectivity index (χ1n) is 6.74. The second-order valence-corrected chi connectivity index (χ2v) is 6.43. The van der Waals surface area contributed by atoms with Gasteiger partial charge in [0.05, 0.1) is 5.56 Å². The summed E-state index contributed by atoms with van der Waals surface area (Å²) in [6.07, 6.45) is -0.321. The summed E-state index contributed by atoms with van der Waals surface area (Å²) in [6.45, 7) is 0. The Kier molecular flexibility index (Phi) is 5.35. The molecule has 2 unspecified atom stereocenters. The number of benzene rings is 1. The van der Waals surface area contributed by atoms with Crippen LogP contribution < -0.4 is 11.3 Å². The van der Waals surface area contributed by atoms with Crippen LogP contribution in [0.15, 0.2) is 24.3 Å². The average Bonchev–Trinajstić information content (AvgIpc) is 2.45. The second-order valence-electron chi connectivity index (χ2n) is 5.08. The molecule has 0 aromatic heterocycles. The van der Waals surface area contributed by atoms with E-state index < -0.39 is 11.7 Å². The number of hydrogen-bond acceptors (Lipinski definition) is 3. The number of halogens is 3. The van der Waals surface area contributed by atoms with Gasteiger partial charge in [-0.25, -0.2) is 0 Å². The predicted molar refractivity (Wildman–Crippen MR) is 76.4 cm³/mol. The number of alkyl halides is 3. The molecule has 0 radical (unpaired) electrons. The Morgan fingerprint density at radius 1 is 1.35 bits per heavy atom. The summed E-state index contributed by atoms with van der Waals surface area (Å²) >= 11 is 1.86. The van der Waals surface area contributed by atoms with Crippen LogP contribution in [0.2, 0.25) is 0 Å². The fraction of sp³-hybridized carbons (Fsp3) is 0.571. The number of hydrogen-bond donors (Lipinski definition) is 2. The maximum Gasteiger partial charge on any atom is 0.416 e. The number of rotatable bonds is 4. The molecule has 0 aliphatic carbocycles. The van der Waals surface area contributed by atoms with Gasteiger partial charge in [-0.3, -0.25) is 11.3 Å². The van der Waals surface area contributed by atoms with E-state index in [0.29, 0.717) is 17.2 Å². The van der Waals surface area contributed by atoms with Crippen molar-refractivity contribution in [3.8, 4) is 0 Å². The zero-order chi connectivity index (χ0) is 14.6. The average molecular weight is 304 g/mol. The smallest absolute Gasteiger partial charge is 0.271 e. The first-order valence-corrected chi connectivity index (χ1v) is 7.79. The molecule has 0 amide bonds. The molecular formula is C14H19F3N2S. The molecule has 1 aliphatic rings. The molecule has 3 N–H and O–H groups in total. The van der Waals surface area contributed by atoms with Crippen LogP contribution in [-0.4, -0.2) is 17.0 Å². The van der Waals surface area contributed by atoms with Crippen LogP contribution in [0.1, 0.15) is 30.4 Å². The Hall–Kier alpha value is -0.720. The van der Waals surface area contributed by atoms with Crippen LogP contribution in [0.5, 0.6) is 0 Å². The van der Waals surface area contributed by atoms with E-state index in [4.69, 9.17) is 5.84 Å². The van der Waals surface area contributed by atoms with E-state index in [1.807, 2.05) is 11.8 Å². The number of thioether (sulfide) groups is 1. The fourth-order valence-electron chi connectivity index (χ4n) is 2.51. The van der Waals surface area contributed by atoms with E-state index in [2.05, 4.69) is 5.43 Å². The van der Waals surface area contributed by atoms with E-state index in [1.54, 1.807) is 6.07 Å². The molecule has 1 fully saturated rings. The van der Waals surface area contributed by atoms with Crippen molar-refractivity contribution in [3.05, 3.63) is 35.4 Å². The number of nitrogens with one attached hydrogen (secondary N) is 1. The zero-order valence-corrected chi connectivity index (χ0v) is 11.9. The van der Waals surface area contributed by atoms with Gasteiger partial charge in [0.15, 0.2) is 0 Å². The molecule has 2 atom stereocenters. The molecule has 1 aromatic rings. The lowest BCUT2D eigenvalue weighted by atomic mass is 9.98. The highest BCUT2D eigenvalue weighted by Crippen LogP contribution is 2.31. The molecule has 1 heterocycles. The van der Waals surface area contributed by atoms with E-state index in [-0.39, 0.29) is 6.04 Å². The Bertz CT molecular complexity index is 431. The monoisotopic (exact) mass is 304 g/mol. The third kappa shape index (κ3) is 4.14. The molecule has 2 rings (SSSR count). The minimum absolute atomic E-state index is 0.0174. The lowest BCUT2D eigenvalue weighted by molar-refractivity contribution is -0.137. The van der Waals surface area contributed by atoms with Crippen molar-refractivity contribution in [2.45, 2.75) is 43.2 Å². The first-order chi connectivity index (χ1) is 9.50. The van der Waals surface area contributed by atoms with Crippen LogP contribution in [-0.2, 0) is 12.6 Å². The standard InChI is InChI=1S/C14H19F3N2S/c15-14(16,17)11-5-3-4-10(8-11)9-12(19-18)13-6-1-2-7-20-13/h3-5,8,12-13,19H,1-2,6-7,9,18H2. The van der Waals surface area contributed by atoms with Crippen molar-refractivity contribution in [3.63, 3.8) is 0 Å². The van der Waals surface area contributed by atoms with Gasteiger partial charge in [-0.15, -0.1) is 0 Å². The van der Waals surface area contributed by atoms with Crippen LogP contribution >= 0.6 is 11.8 Å². The number of hydrazine groups is 1. The van der Waals surface area contributed by atoms with Gasteiger partial charge in [-0.05, 0) is 36.6 Å². The summed E-state index contributed by atoms with van der Waals surface area (Å²) in [5.74, 6) is 6.69. The highest BCUT2D eigenvalue weighted by atomic mass is 32.2. The topological polar surface area (TPSA) is 38.0 Å². The van der Waals surface area contributed by atoms with E-state index in [9.17, 15) is 13.2 Å². The Labute approximate surface area is 121 Å². The van der Waals surface area contributed by atoms with Crippen molar-refractivity contribution >= 4 is 11.8 Å². The van der Waals surface area contributed by atoms with Crippen LogP contribution in [0.4, 0.5) is 13.2 Å². The summed E-state index contributed by atoms with van der Waals surface area (Å²) in [5.41, 5.74) is 2.86. The first kappa shape index (κ1) is 15.7. The van der Waals surface area contributed by atoms with Gasteiger partial charge in [0.25, 0.3) is 0 Å². The number of nitrogens with two attached hydrogens (primary N) is 1. The molecule has 2 nitrogen and oxygen atoms in total. The van der Waals surface area contributed by atoms with E-state index in [0.717, 1.165) is 18.2 Å². The molecule has 0 saturated carbocycles. The largest absolute Gasteiger partial charge is 0.416 e. The van der Waals surface area contributed by atoms with Gasteiger partial charge in [-0.2, -0.15) is 24.9 Å². The summed E-state index contributed by atoms with van der Waals surface area (Å²) in [5, 5.41) is 0.378. The minimum atomic E-state index is -4.29. The normalized spacial score (nSPS) is 21.7. The SMILES string of the molecule is NNC(Cc1cccc(C(F)(F)F)c1)C1CCCCS1. The molecule has 6 heteroatoms. The van der Waals surface area contributed by atoms with E-state index in [1.165, 1.54) is 25.0 Å². The molecule has 1 aromatic carbocycles. The van der Waals surface area contributed by atoms with Crippen molar-refractivity contribution in [2.75, 3.05) is 5.75 Å². The third-order valence-corrected chi connectivity index (χ3v) is 5.10. The van der Waals surface area contributed by atoms with Crippen molar-refractivity contribution in [1.82, 2.24) is 5.43 Å². The van der Waals surface area contributed by atoms with E-state index >= 15 is 0 Å².